The normalized spacial score (nSPS) is 18.5. The molecule has 2 aromatic rings. The molecule has 0 amide bonds. The van der Waals surface area contributed by atoms with Crippen LogP contribution in [-0.4, -0.2) is 26.2 Å². The van der Waals surface area contributed by atoms with Crippen molar-refractivity contribution in [1.82, 2.24) is 0 Å². The first-order chi connectivity index (χ1) is 12.7. The molecule has 132 valence electrons. The van der Waals surface area contributed by atoms with Crippen LogP contribution in [0.15, 0.2) is 58.7 Å². The molecule has 1 N–H and O–H groups in total. The van der Waals surface area contributed by atoms with Crippen LogP contribution in [-0.2, 0) is 4.79 Å². The number of fused-ring (bicyclic) bond motifs is 1. The second kappa shape index (κ2) is 6.67. The van der Waals surface area contributed by atoms with E-state index >= 15 is 0 Å². The van der Waals surface area contributed by atoms with Crippen molar-refractivity contribution < 1.29 is 14.3 Å². The zero-order chi connectivity index (χ0) is 18.1. The summed E-state index contributed by atoms with van der Waals surface area (Å²) in [4.78, 5) is 17.3. The van der Waals surface area contributed by atoms with Crippen LogP contribution in [0.25, 0.3) is 0 Å². The summed E-state index contributed by atoms with van der Waals surface area (Å²) in [7, 11) is 3.27. The molecule has 0 bridgehead atoms. The average Bonchev–Trinajstić information content (AvgIpc) is 2.86. The van der Waals surface area contributed by atoms with Crippen molar-refractivity contribution in [3.8, 4) is 11.5 Å². The predicted molar refractivity (Wildman–Crippen MR) is 102 cm³/mol. The molecule has 2 aromatic carbocycles. The highest BCUT2D eigenvalue weighted by Gasteiger charge is 2.31. The Morgan fingerprint density at radius 2 is 1.92 bits per heavy atom. The number of hydrogen-bond acceptors (Lipinski definition) is 5. The molecule has 1 unspecified atom stereocenters. The second-order valence-electron chi connectivity index (χ2n) is 6.43. The molecule has 4 rings (SSSR count). The number of hydrogen-bond donors (Lipinski definition) is 1. The Bertz CT molecular complexity index is 931. The van der Waals surface area contributed by atoms with Gasteiger partial charge in [-0.3, -0.25) is 9.79 Å². The number of nitrogens with zero attached hydrogens (tertiary/aromatic N) is 1. The van der Waals surface area contributed by atoms with E-state index in [1.54, 1.807) is 20.4 Å². The number of anilines is 1. The predicted octanol–water partition coefficient (Wildman–Crippen LogP) is 4.23. The molecular formula is C21H20N2O3. The van der Waals surface area contributed by atoms with Gasteiger partial charge in [0.15, 0.2) is 5.78 Å². The van der Waals surface area contributed by atoms with Gasteiger partial charge < -0.3 is 14.8 Å². The van der Waals surface area contributed by atoms with Crippen LogP contribution >= 0.6 is 0 Å². The Morgan fingerprint density at radius 3 is 2.73 bits per heavy atom. The lowest BCUT2D eigenvalue weighted by molar-refractivity contribution is -0.115. The molecule has 0 aromatic heterocycles. The number of carbonyl (C=O) groups excluding carboxylic acids is 1. The zero-order valence-electron chi connectivity index (χ0n) is 14.8. The zero-order valence-corrected chi connectivity index (χ0v) is 14.8. The quantitative estimate of drug-likeness (QED) is 0.902. The molecule has 1 heterocycles. The van der Waals surface area contributed by atoms with Gasteiger partial charge in [0.2, 0.25) is 0 Å². The van der Waals surface area contributed by atoms with E-state index in [0.29, 0.717) is 12.0 Å². The summed E-state index contributed by atoms with van der Waals surface area (Å²) in [6.45, 7) is 0. The fourth-order valence-electron chi connectivity index (χ4n) is 3.56. The topological polar surface area (TPSA) is 59.9 Å². The highest BCUT2D eigenvalue weighted by molar-refractivity contribution is 6.16. The van der Waals surface area contributed by atoms with Crippen molar-refractivity contribution in [3.63, 3.8) is 0 Å². The maximum atomic E-state index is 12.8. The minimum absolute atomic E-state index is 0.0493. The number of allylic oxidation sites excluding steroid dienone is 2. The number of benzene rings is 2. The van der Waals surface area contributed by atoms with Gasteiger partial charge in [-0.25, -0.2) is 0 Å². The van der Waals surface area contributed by atoms with E-state index in [1.807, 2.05) is 42.5 Å². The van der Waals surface area contributed by atoms with Gasteiger partial charge in [0.05, 0.1) is 31.2 Å². The van der Waals surface area contributed by atoms with E-state index in [-0.39, 0.29) is 11.7 Å². The highest BCUT2D eigenvalue weighted by atomic mass is 16.5. The Labute approximate surface area is 152 Å². The fraction of sp³-hybridized carbons (Fsp3) is 0.238. The minimum atomic E-state index is 0.0493. The SMILES string of the molecule is COc1ccc(C2CC(=O)C3=C(C2)Nc2ccccc2N=C3)c(OC)c1. The van der Waals surface area contributed by atoms with E-state index in [2.05, 4.69) is 10.3 Å². The molecule has 1 aliphatic heterocycles. The maximum Gasteiger partial charge on any atom is 0.166 e. The van der Waals surface area contributed by atoms with Crippen molar-refractivity contribution in [3.05, 3.63) is 59.3 Å². The third-order valence-corrected chi connectivity index (χ3v) is 4.91. The van der Waals surface area contributed by atoms with Crippen molar-refractivity contribution >= 4 is 23.4 Å². The van der Waals surface area contributed by atoms with Crippen LogP contribution in [0.2, 0.25) is 0 Å². The number of nitrogens with one attached hydrogen (secondary N) is 1. The molecule has 0 saturated heterocycles. The van der Waals surface area contributed by atoms with E-state index in [0.717, 1.165) is 40.6 Å². The van der Waals surface area contributed by atoms with E-state index < -0.39 is 0 Å². The third kappa shape index (κ3) is 2.86. The second-order valence-corrected chi connectivity index (χ2v) is 6.43. The summed E-state index contributed by atoms with van der Waals surface area (Å²) >= 11 is 0. The molecule has 1 atom stereocenters. The van der Waals surface area contributed by atoms with Gasteiger partial charge in [-0.1, -0.05) is 18.2 Å². The summed E-state index contributed by atoms with van der Waals surface area (Å²) in [5.41, 5.74) is 4.37. The number of rotatable bonds is 3. The van der Waals surface area contributed by atoms with E-state index in [4.69, 9.17) is 9.47 Å². The van der Waals surface area contributed by atoms with Crippen LogP contribution < -0.4 is 14.8 Å². The van der Waals surface area contributed by atoms with Crippen molar-refractivity contribution in [1.29, 1.82) is 0 Å². The van der Waals surface area contributed by atoms with Crippen molar-refractivity contribution in [2.75, 3.05) is 19.5 Å². The summed E-state index contributed by atoms with van der Waals surface area (Å²) in [6, 6.07) is 13.6. The van der Waals surface area contributed by atoms with Gasteiger partial charge in [-0.05, 0) is 30.2 Å². The summed E-state index contributed by atoms with van der Waals surface area (Å²) in [5, 5.41) is 3.42. The number of ether oxygens (including phenoxy) is 2. The van der Waals surface area contributed by atoms with Crippen LogP contribution in [0, 0.1) is 0 Å². The Balaban J connectivity index is 1.69. The lowest BCUT2D eigenvalue weighted by atomic mass is 9.81. The Hall–Kier alpha value is -3.08. The van der Waals surface area contributed by atoms with Gasteiger partial charge in [-0.15, -0.1) is 0 Å². The molecular weight excluding hydrogens is 328 g/mol. The van der Waals surface area contributed by atoms with Gasteiger partial charge in [-0.2, -0.15) is 0 Å². The Kier molecular flexibility index (Phi) is 4.21. The average molecular weight is 348 g/mol. The number of ketones is 1. The third-order valence-electron chi connectivity index (χ3n) is 4.91. The van der Waals surface area contributed by atoms with Gasteiger partial charge in [0.25, 0.3) is 0 Å². The summed E-state index contributed by atoms with van der Waals surface area (Å²) in [6.07, 6.45) is 2.85. The molecule has 0 spiro atoms. The standard InChI is InChI=1S/C21H20N2O3/c1-25-14-7-8-15(21(11-14)26-2)13-9-19-16(20(24)10-13)12-22-17-5-3-4-6-18(17)23-19/h3-8,11-13,23H,9-10H2,1-2H3. The largest absolute Gasteiger partial charge is 0.497 e. The minimum Gasteiger partial charge on any atom is -0.497 e. The smallest absolute Gasteiger partial charge is 0.166 e. The lowest BCUT2D eigenvalue weighted by Gasteiger charge is -2.27. The molecule has 0 fully saturated rings. The molecule has 5 nitrogen and oxygen atoms in total. The van der Waals surface area contributed by atoms with Crippen LogP contribution in [0.5, 0.6) is 11.5 Å². The number of aliphatic imine (C=N–C) groups is 1. The molecule has 5 heteroatoms. The van der Waals surface area contributed by atoms with Gasteiger partial charge in [0.1, 0.15) is 11.5 Å². The van der Waals surface area contributed by atoms with Crippen molar-refractivity contribution in [2.45, 2.75) is 18.8 Å². The van der Waals surface area contributed by atoms with Crippen molar-refractivity contribution in [2.24, 2.45) is 4.99 Å². The number of carbonyl (C=O) groups is 1. The fourth-order valence-corrected chi connectivity index (χ4v) is 3.56. The maximum absolute atomic E-state index is 12.8. The first-order valence-electron chi connectivity index (χ1n) is 8.58. The summed E-state index contributed by atoms with van der Waals surface area (Å²) in [5.74, 6) is 1.63. The van der Waals surface area contributed by atoms with Gasteiger partial charge >= 0.3 is 0 Å². The van der Waals surface area contributed by atoms with E-state index in [9.17, 15) is 4.79 Å². The van der Waals surface area contributed by atoms with Crippen LogP contribution in [0.3, 0.4) is 0 Å². The van der Waals surface area contributed by atoms with Gasteiger partial charge in [0, 0.05) is 30.3 Å². The van der Waals surface area contributed by atoms with Crippen LogP contribution in [0.4, 0.5) is 11.4 Å². The molecule has 26 heavy (non-hydrogen) atoms. The molecule has 2 aliphatic rings. The van der Waals surface area contributed by atoms with Crippen LogP contribution in [0.1, 0.15) is 24.3 Å². The molecule has 0 saturated carbocycles. The number of methoxy groups -OCH3 is 2. The number of Topliss-reactive ketones (excluding diaryl/α,β-unsaturated/α-hetero) is 1. The lowest BCUT2D eigenvalue weighted by Crippen LogP contribution is -2.22. The number of para-hydroxylation sites is 2. The monoisotopic (exact) mass is 348 g/mol. The molecule has 1 aliphatic carbocycles. The Morgan fingerprint density at radius 1 is 1.08 bits per heavy atom. The highest BCUT2D eigenvalue weighted by Crippen LogP contribution is 2.41. The van der Waals surface area contributed by atoms with E-state index in [1.165, 1.54) is 0 Å². The summed E-state index contributed by atoms with van der Waals surface area (Å²) < 4.78 is 10.8. The molecule has 0 radical (unpaired) electrons. The first-order valence-corrected chi connectivity index (χ1v) is 8.58. The first kappa shape index (κ1) is 16.4.